The second-order valence-corrected chi connectivity index (χ2v) is 7.16. The van der Waals surface area contributed by atoms with Gasteiger partial charge in [0.2, 0.25) is 0 Å². The predicted octanol–water partition coefficient (Wildman–Crippen LogP) is 3.17. The molecule has 0 spiro atoms. The monoisotopic (exact) mass is 331 g/mol. The van der Waals surface area contributed by atoms with Crippen molar-refractivity contribution in [2.75, 3.05) is 13.2 Å². The van der Waals surface area contributed by atoms with Crippen LogP contribution < -0.4 is 10.1 Å². The molecule has 1 saturated carbocycles. The van der Waals surface area contributed by atoms with Gasteiger partial charge in [0.15, 0.2) is 0 Å². The number of thiophene rings is 1. The van der Waals surface area contributed by atoms with Gasteiger partial charge in [0.1, 0.15) is 11.4 Å². The minimum absolute atomic E-state index is 0.173. The highest BCUT2D eigenvalue weighted by Gasteiger charge is 2.25. The summed E-state index contributed by atoms with van der Waals surface area (Å²) >= 11 is 1.47. The van der Waals surface area contributed by atoms with E-state index in [4.69, 9.17) is 4.74 Å². The van der Waals surface area contributed by atoms with Crippen LogP contribution >= 0.6 is 11.3 Å². The molecule has 1 amide bonds. The van der Waals surface area contributed by atoms with E-state index in [0.29, 0.717) is 11.5 Å². The molecule has 2 N–H and O–H groups in total. The third-order valence-electron chi connectivity index (χ3n) is 3.94. The van der Waals surface area contributed by atoms with Gasteiger partial charge in [0.25, 0.3) is 5.91 Å². The van der Waals surface area contributed by atoms with Crippen LogP contribution in [0.4, 0.5) is 0 Å². The third kappa shape index (κ3) is 4.33. The van der Waals surface area contributed by atoms with Gasteiger partial charge >= 0.3 is 0 Å². The fourth-order valence-electron chi connectivity index (χ4n) is 2.23. The summed E-state index contributed by atoms with van der Waals surface area (Å²) in [6, 6.07) is 10.9. The van der Waals surface area contributed by atoms with E-state index in [-0.39, 0.29) is 12.5 Å². The first-order valence-corrected chi connectivity index (χ1v) is 8.70. The molecule has 4 nitrogen and oxygen atoms in total. The molecule has 1 aromatic heterocycles. The minimum atomic E-state index is -1.06. The summed E-state index contributed by atoms with van der Waals surface area (Å²) in [5.74, 6) is 1.30. The summed E-state index contributed by atoms with van der Waals surface area (Å²) in [5, 5.41) is 15.1. The van der Waals surface area contributed by atoms with Gasteiger partial charge in [0.05, 0.1) is 13.2 Å². The lowest BCUT2D eigenvalue weighted by Crippen LogP contribution is -2.38. The first-order chi connectivity index (χ1) is 11.0. The molecule has 1 aliphatic rings. The summed E-state index contributed by atoms with van der Waals surface area (Å²) < 4.78 is 5.66. The fraction of sp³-hybridized carbons (Fsp3) is 0.389. The van der Waals surface area contributed by atoms with Crippen LogP contribution in [0.3, 0.4) is 0 Å². The number of aliphatic hydroxyl groups is 1. The predicted molar refractivity (Wildman–Crippen MR) is 90.9 cm³/mol. The first kappa shape index (κ1) is 16.0. The van der Waals surface area contributed by atoms with E-state index in [0.717, 1.165) is 17.2 Å². The Morgan fingerprint density at radius 2 is 2.09 bits per heavy atom. The second kappa shape index (κ2) is 6.72. The normalized spacial score (nSPS) is 16.6. The molecule has 0 aliphatic heterocycles. The molecular weight excluding hydrogens is 310 g/mol. The van der Waals surface area contributed by atoms with Gasteiger partial charge in [-0.15, -0.1) is 11.3 Å². The number of rotatable bonds is 7. The second-order valence-electron chi connectivity index (χ2n) is 6.21. The van der Waals surface area contributed by atoms with Crippen molar-refractivity contribution in [3.63, 3.8) is 0 Å². The van der Waals surface area contributed by atoms with Crippen LogP contribution in [-0.4, -0.2) is 24.2 Å². The van der Waals surface area contributed by atoms with E-state index >= 15 is 0 Å². The van der Waals surface area contributed by atoms with Gasteiger partial charge in [-0.3, -0.25) is 4.79 Å². The van der Waals surface area contributed by atoms with Crippen molar-refractivity contribution in [3.05, 3.63) is 52.2 Å². The van der Waals surface area contributed by atoms with Crippen molar-refractivity contribution in [2.45, 2.75) is 25.4 Å². The van der Waals surface area contributed by atoms with Crippen LogP contribution in [0.1, 0.15) is 35.0 Å². The molecule has 1 aromatic carbocycles. The summed E-state index contributed by atoms with van der Waals surface area (Å²) in [4.78, 5) is 13.0. The number of carbonyl (C=O) groups excluding carboxylic acids is 1. The number of hydrogen-bond acceptors (Lipinski definition) is 4. The maximum Gasteiger partial charge on any atom is 0.251 e. The summed E-state index contributed by atoms with van der Waals surface area (Å²) in [7, 11) is 0. The average Bonchev–Trinajstić information content (AvgIpc) is 3.21. The quantitative estimate of drug-likeness (QED) is 0.819. The molecule has 2 aromatic rings. The topological polar surface area (TPSA) is 58.6 Å². The van der Waals surface area contributed by atoms with Gasteiger partial charge < -0.3 is 15.2 Å². The number of hydrogen-bond donors (Lipinski definition) is 2. The van der Waals surface area contributed by atoms with Crippen LogP contribution in [0.15, 0.2) is 41.8 Å². The summed E-state index contributed by atoms with van der Waals surface area (Å²) in [6.45, 7) is 2.63. The Balaban J connectivity index is 1.53. The van der Waals surface area contributed by atoms with Crippen LogP contribution in [0.2, 0.25) is 0 Å². The molecule has 1 heterocycles. The van der Waals surface area contributed by atoms with E-state index in [1.807, 2.05) is 29.6 Å². The van der Waals surface area contributed by atoms with Crippen molar-refractivity contribution in [1.82, 2.24) is 5.32 Å². The van der Waals surface area contributed by atoms with E-state index in [9.17, 15) is 9.90 Å². The number of benzene rings is 1. The number of carbonyl (C=O) groups is 1. The van der Waals surface area contributed by atoms with E-state index in [2.05, 4.69) is 5.32 Å². The Labute approximate surface area is 140 Å². The number of amides is 1. The SMILES string of the molecule is CC(O)(CNC(=O)c1ccc(OCC2CC2)cc1)c1cccs1. The lowest BCUT2D eigenvalue weighted by Gasteiger charge is -2.22. The molecule has 0 radical (unpaired) electrons. The Kier molecular flexibility index (Phi) is 4.68. The molecule has 1 fully saturated rings. The molecule has 23 heavy (non-hydrogen) atoms. The average molecular weight is 331 g/mol. The maximum atomic E-state index is 12.2. The van der Waals surface area contributed by atoms with E-state index in [1.54, 1.807) is 19.1 Å². The molecule has 1 unspecified atom stereocenters. The Morgan fingerprint density at radius 3 is 2.70 bits per heavy atom. The molecule has 1 aliphatic carbocycles. The highest BCUT2D eigenvalue weighted by molar-refractivity contribution is 7.10. The molecule has 1 atom stereocenters. The van der Waals surface area contributed by atoms with Crippen LogP contribution in [0.5, 0.6) is 5.75 Å². The zero-order valence-electron chi connectivity index (χ0n) is 13.1. The Hall–Kier alpha value is -1.85. The molecule has 122 valence electrons. The lowest BCUT2D eigenvalue weighted by atomic mass is 10.1. The van der Waals surface area contributed by atoms with Crippen molar-refractivity contribution in [1.29, 1.82) is 0 Å². The molecule has 5 heteroatoms. The zero-order chi connectivity index (χ0) is 16.3. The van der Waals surface area contributed by atoms with Crippen molar-refractivity contribution >= 4 is 17.2 Å². The van der Waals surface area contributed by atoms with Gasteiger partial charge in [-0.1, -0.05) is 6.07 Å². The highest BCUT2D eigenvalue weighted by atomic mass is 32.1. The first-order valence-electron chi connectivity index (χ1n) is 7.82. The van der Waals surface area contributed by atoms with Crippen molar-refractivity contribution < 1.29 is 14.6 Å². The minimum Gasteiger partial charge on any atom is -0.493 e. The zero-order valence-corrected chi connectivity index (χ0v) is 13.9. The molecule has 0 saturated heterocycles. The van der Waals surface area contributed by atoms with Crippen LogP contribution in [-0.2, 0) is 5.60 Å². The smallest absolute Gasteiger partial charge is 0.251 e. The standard InChI is InChI=1S/C18H21NO3S/c1-18(21,16-3-2-10-23-16)12-19-17(20)14-6-8-15(9-7-14)22-11-13-4-5-13/h2-3,6-10,13,21H,4-5,11-12H2,1H3,(H,19,20). The van der Waals surface area contributed by atoms with Gasteiger partial charge in [0, 0.05) is 10.4 Å². The third-order valence-corrected chi connectivity index (χ3v) is 5.07. The maximum absolute atomic E-state index is 12.2. The Bertz CT molecular complexity index is 645. The highest BCUT2D eigenvalue weighted by Crippen LogP contribution is 2.29. The summed E-state index contributed by atoms with van der Waals surface area (Å²) in [6.07, 6.45) is 2.51. The van der Waals surface area contributed by atoms with Gasteiger partial charge in [-0.25, -0.2) is 0 Å². The molecular formula is C18H21NO3S. The molecule has 0 bridgehead atoms. The molecule has 3 rings (SSSR count). The van der Waals surface area contributed by atoms with Gasteiger partial charge in [-0.05, 0) is 61.4 Å². The van der Waals surface area contributed by atoms with E-state index < -0.39 is 5.60 Å². The summed E-state index contributed by atoms with van der Waals surface area (Å²) in [5.41, 5.74) is -0.498. The van der Waals surface area contributed by atoms with Crippen LogP contribution in [0, 0.1) is 5.92 Å². The van der Waals surface area contributed by atoms with Gasteiger partial charge in [-0.2, -0.15) is 0 Å². The number of ether oxygens (including phenoxy) is 1. The van der Waals surface area contributed by atoms with Crippen molar-refractivity contribution in [3.8, 4) is 5.75 Å². The van der Waals surface area contributed by atoms with Crippen molar-refractivity contribution in [2.24, 2.45) is 5.92 Å². The van der Waals surface area contributed by atoms with Crippen LogP contribution in [0.25, 0.3) is 0 Å². The van der Waals surface area contributed by atoms with E-state index in [1.165, 1.54) is 24.2 Å². The number of nitrogens with one attached hydrogen (secondary N) is 1. The Morgan fingerprint density at radius 1 is 1.35 bits per heavy atom. The lowest BCUT2D eigenvalue weighted by molar-refractivity contribution is 0.0556. The largest absolute Gasteiger partial charge is 0.493 e. The fourth-order valence-corrected chi connectivity index (χ4v) is 3.01.